The van der Waals surface area contributed by atoms with Gasteiger partial charge in [-0.2, -0.15) is 4.31 Å². The van der Waals surface area contributed by atoms with Crippen molar-refractivity contribution in [2.45, 2.75) is 24.8 Å². The van der Waals surface area contributed by atoms with Crippen molar-refractivity contribution in [3.63, 3.8) is 0 Å². The number of rotatable bonds is 8. The van der Waals surface area contributed by atoms with Crippen molar-refractivity contribution >= 4 is 10.0 Å². The summed E-state index contributed by atoms with van der Waals surface area (Å²) in [4.78, 5) is 0.364. The van der Waals surface area contributed by atoms with Gasteiger partial charge in [0.2, 0.25) is 10.0 Å². The third kappa shape index (κ3) is 4.16. The lowest BCUT2D eigenvalue weighted by Crippen LogP contribution is -2.28. The summed E-state index contributed by atoms with van der Waals surface area (Å²) in [5.74, 6) is 0. The van der Waals surface area contributed by atoms with E-state index < -0.39 is 10.0 Å². The van der Waals surface area contributed by atoms with Crippen LogP contribution in [0.4, 0.5) is 0 Å². The zero-order valence-corrected chi connectivity index (χ0v) is 12.4. The van der Waals surface area contributed by atoms with Crippen LogP contribution in [0.5, 0.6) is 0 Å². The zero-order valence-electron chi connectivity index (χ0n) is 11.6. The first-order chi connectivity index (χ1) is 9.04. The van der Waals surface area contributed by atoms with E-state index in [0.717, 1.165) is 18.5 Å². The molecule has 1 aromatic rings. The van der Waals surface area contributed by atoms with Gasteiger partial charge in [-0.15, -0.1) is 6.58 Å². The third-order valence-electron chi connectivity index (χ3n) is 2.79. The van der Waals surface area contributed by atoms with Crippen LogP contribution < -0.4 is 5.32 Å². The Morgan fingerprint density at radius 1 is 1.37 bits per heavy atom. The average molecular weight is 282 g/mol. The fraction of sp³-hybridized carbons (Fsp3) is 0.429. The molecular weight excluding hydrogens is 260 g/mol. The van der Waals surface area contributed by atoms with Gasteiger partial charge in [-0.1, -0.05) is 31.2 Å². The van der Waals surface area contributed by atoms with Crippen LogP contribution in [0.15, 0.2) is 41.8 Å². The highest BCUT2D eigenvalue weighted by Crippen LogP contribution is 2.19. The van der Waals surface area contributed by atoms with Crippen LogP contribution in [0, 0.1) is 0 Å². The van der Waals surface area contributed by atoms with Gasteiger partial charge in [0.05, 0.1) is 4.90 Å². The Morgan fingerprint density at radius 3 is 2.68 bits per heavy atom. The van der Waals surface area contributed by atoms with Crippen LogP contribution in [0.3, 0.4) is 0 Å². The molecule has 0 aliphatic heterocycles. The van der Waals surface area contributed by atoms with Gasteiger partial charge >= 0.3 is 0 Å². The summed E-state index contributed by atoms with van der Waals surface area (Å²) in [6, 6.07) is 7.10. The van der Waals surface area contributed by atoms with E-state index in [0.29, 0.717) is 18.0 Å². The van der Waals surface area contributed by atoms with Gasteiger partial charge in [0.1, 0.15) is 0 Å². The van der Waals surface area contributed by atoms with E-state index in [-0.39, 0.29) is 0 Å². The summed E-state index contributed by atoms with van der Waals surface area (Å²) < 4.78 is 26.2. The average Bonchev–Trinajstić information content (AvgIpc) is 2.40. The first-order valence-electron chi connectivity index (χ1n) is 6.40. The molecule has 1 aromatic carbocycles. The molecule has 0 unspecified atom stereocenters. The summed E-state index contributed by atoms with van der Waals surface area (Å²) in [5, 5.41) is 3.23. The van der Waals surface area contributed by atoms with E-state index >= 15 is 0 Å². The fourth-order valence-electron chi connectivity index (χ4n) is 1.75. The van der Waals surface area contributed by atoms with E-state index in [1.165, 1.54) is 4.31 Å². The quantitative estimate of drug-likeness (QED) is 0.586. The second-order valence-electron chi connectivity index (χ2n) is 4.36. The highest BCUT2D eigenvalue weighted by molar-refractivity contribution is 7.89. The van der Waals surface area contributed by atoms with Gasteiger partial charge in [0.25, 0.3) is 0 Å². The van der Waals surface area contributed by atoms with Crippen LogP contribution in [0.25, 0.3) is 0 Å². The molecule has 0 aromatic heterocycles. The molecule has 0 bridgehead atoms. The van der Waals surface area contributed by atoms with Crippen LogP contribution in [-0.2, 0) is 16.6 Å². The number of likely N-dealkylation sites (N-methyl/N-ethyl adjacent to an activating group) is 1. The van der Waals surface area contributed by atoms with Gasteiger partial charge in [-0.25, -0.2) is 8.42 Å². The van der Waals surface area contributed by atoms with E-state index in [1.54, 1.807) is 25.3 Å². The molecule has 5 heteroatoms. The van der Waals surface area contributed by atoms with Gasteiger partial charge in [0, 0.05) is 20.1 Å². The van der Waals surface area contributed by atoms with Crippen molar-refractivity contribution in [3.05, 3.63) is 42.5 Å². The Kier molecular flexibility index (Phi) is 6.21. The standard InChI is InChI=1S/C14H22N2O2S/c1-4-10-15-12-13-8-6-7-9-14(13)19(17,18)16(3)11-5-2/h5-9,15H,2,4,10-12H2,1,3H3. The SMILES string of the molecule is C=CCN(C)S(=O)(=O)c1ccccc1CNCCC. The summed E-state index contributed by atoms with van der Waals surface area (Å²) >= 11 is 0. The van der Waals surface area contributed by atoms with Gasteiger partial charge in [0.15, 0.2) is 0 Å². The first-order valence-corrected chi connectivity index (χ1v) is 7.84. The molecule has 0 spiro atoms. The lowest BCUT2D eigenvalue weighted by molar-refractivity contribution is 0.497. The van der Waals surface area contributed by atoms with E-state index in [2.05, 4.69) is 18.8 Å². The molecule has 0 heterocycles. The van der Waals surface area contributed by atoms with Crippen molar-refractivity contribution in [1.29, 1.82) is 0 Å². The Morgan fingerprint density at radius 2 is 2.05 bits per heavy atom. The van der Waals surface area contributed by atoms with Crippen molar-refractivity contribution in [2.75, 3.05) is 20.1 Å². The predicted octanol–water partition coefficient (Wildman–Crippen LogP) is 1.99. The monoisotopic (exact) mass is 282 g/mol. The van der Waals surface area contributed by atoms with Crippen LogP contribution in [0.2, 0.25) is 0 Å². The minimum absolute atomic E-state index is 0.305. The fourth-order valence-corrected chi connectivity index (χ4v) is 3.11. The summed E-state index contributed by atoms with van der Waals surface area (Å²) in [7, 11) is -1.88. The predicted molar refractivity (Wildman–Crippen MR) is 78.5 cm³/mol. The molecule has 106 valence electrons. The minimum atomic E-state index is -3.45. The molecule has 0 aliphatic rings. The Labute approximate surface area is 116 Å². The van der Waals surface area contributed by atoms with E-state index in [9.17, 15) is 8.42 Å². The normalized spacial score (nSPS) is 11.7. The summed E-state index contributed by atoms with van der Waals surface area (Å²) in [6.07, 6.45) is 2.60. The van der Waals surface area contributed by atoms with Crippen molar-refractivity contribution < 1.29 is 8.42 Å². The Hall–Kier alpha value is -1.17. The number of nitrogens with one attached hydrogen (secondary N) is 1. The molecule has 0 amide bonds. The highest BCUT2D eigenvalue weighted by Gasteiger charge is 2.22. The summed E-state index contributed by atoms with van der Waals surface area (Å²) in [6.45, 7) is 7.39. The molecular formula is C14H22N2O2S. The summed E-state index contributed by atoms with van der Waals surface area (Å²) in [5.41, 5.74) is 0.798. The Bertz CT molecular complexity index is 512. The zero-order chi connectivity index (χ0) is 14.3. The number of nitrogens with zero attached hydrogens (tertiary/aromatic N) is 1. The molecule has 4 nitrogen and oxygen atoms in total. The third-order valence-corrected chi connectivity index (χ3v) is 4.71. The molecule has 0 fully saturated rings. The van der Waals surface area contributed by atoms with E-state index in [1.807, 2.05) is 12.1 Å². The Balaban J connectivity index is 3.02. The number of sulfonamides is 1. The lowest BCUT2D eigenvalue weighted by Gasteiger charge is -2.18. The van der Waals surface area contributed by atoms with Crippen molar-refractivity contribution in [2.24, 2.45) is 0 Å². The van der Waals surface area contributed by atoms with Crippen molar-refractivity contribution in [1.82, 2.24) is 9.62 Å². The first kappa shape index (κ1) is 15.9. The molecule has 0 atom stereocenters. The topological polar surface area (TPSA) is 49.4 Å². The molecule has 0 saturated carbocycles. The molecule has 0 saturated heterocycles. The van der Waals surface area contributed by atoms with Gasteiger partial charge < -0.3 is 5.32 Å². The number of hydrogen-bond donors (Lipinski definition) is 1. The largest absolute Gasteiger partial charge is 0.313 e. The molecule has 19 heavy (non-hydrogen) atoms. The maximum Gasteiger partial charge on any atom is 0.243 e. The maximum absolute atomic E-state index is 12.4. The highest BCUT2D eigenvalue weighted by atomic mass is 32.2. The number of benzene rings is 1. The molecule has 0 radical (unpaired) electrons. The van der Waals surface area contributed by atoms with Gasteiger partial charge in [-0.05, 0) is 24.6 Å². The molecule has 1 rings (SSSR count). The van der Waals surface area contributed by atoms with Crippen LogP contribution in [0.1, 0.15) is 18.9 Å². The number of hydrogen-bond acceptors (Lipinski definition) is 3. The van der Waals surface area contributed by atoms with Gasteiger partial charge in [-0.3, -0.25) is 0 Å². The minimum Gasteiger partial charge on any atom is -0.313 e. The van der Waals surface area contributed by atoms with Crippen molar-refractivity contribution in [3.8, 4) is 0 Å². The second kappa shape index (κ2) is 7.43. The molecule has 1 N–H and O–H groups in total. The smallest absolute Gasteiger partial charge is 0.243 e. The lowest BCUT2D eigenvalue weighted by atomic mass is 10.2. The van der Waals surface area contributed by atoms with Crippen LogP contribution in [-0.4, -0.2) is 32.9 Å². The van der Waals surface area contributed by atoms with E-state index in [4.69, 9.17) is 0 Å². The van der Waals surface area contributed by atoms with Crippen LogP contribution >= 0.6 is 0 Å². The second-order valence-corrected chi connectivity index (χ2v) is 6.37. The molecule has 0 aliphatic carbocycles. The maximum atomic E-state index is 12.4.